The van der Waals surface area contributed by atoms with Crippen molar-refractivity contribution < 1.29 is 0 Å². The smallest absolute Gasteiger partial charge is 0.129 e. The normalized spacial score (nSPS) is 23.9. The Morgan fingerprint density at radius 3 is 2.94 bits per heavy atom. The average Bonchev–Trinajstić information content (AvgIpc) is 2.95. The molecule has 0 spiro atoms. The monoisotopic (exact) mass is 243 g/mol. The van der Waals surface area contributed by atoms with Crippen LogP contribution >= 0.6 is 0 Å². The minimum atomic E-state index is 0.0850. The van der Waals surface area contributed by atoms with Gasteiger partial charge in [-0.3, -0.25) is 0 Å². The highest BCUT2D eigenvalue weighted by Crippen LogP contribution is 2.34. The molecule has 0 radical (unpaired) electrons. The Hall–Kier alpha value is -1.35. The second-order valence-electron chi connectivity index (χ2n) is 5.45. The molecule has 1 aliphatic rings. The van der Waals surface area contributed by atoms with Crippen molar-refractivity contribution in [3.63, 3.8) is 0 Å². The SMILES string of the molecule is CCC1(c2nc3cc(C)ccc3n2C)CCCN1. The van der Waals surface area contributed by atoms with E-state index in [2.05, 4.69) is 49.0 Å². The summed E-state index contributed by atoms with van der Waals surface area (Å²) in [4.78, 5) is 4.90. The second-order valence-corrected chi connectivity index (χ2v) is 5.45. The number of rotatable bonds is 2. The summed E-state index contributed by atoms with van der Waals surface area (Å²) in [6, 6.07) is 6.52. The summed E-state index contributed by atoms with van der Waals surface area (Å²) in [7, 11) is 2.14. The third-order valence-electron chi connectivity index (χ3n) is 4.31. The molecule has 1 saturated heterocycles. The molecule has 0 saturated carbocycles. The lowest BCUT2D eigenvalue weighted by Crippen LogP contribution is -2.38. The predicted molar refractivity (Wildman–Crippen MR) is 74.7 cm³/mol. The van der Waals surface area contributed by atoms with Crippen molar-refractivity contribution in [3.8, 4) is 0 Å². The molecule has 0 amide bonds. The molecular formula is C15H21N3. The van der Waals surface area contributed by atoms with Gasteiger partial charge in [-0.15, -0.1) is 0 Å². The molecular weight excluding hydrogens is 222 g/mol. The van der Waals surface area contributed by atoms with Gasteiger partial charge in [0.05, 0.1) is 16.6 Å². The van der Waals surface area contributed by atoms with Crippen molar-refractivity contribution >= 4 is 11.0 Å². The van der Waals surface area contributed by atoms with Gasteiger partial charge in [-0.05, 0) is 50.4 Å². The number of nitrogens with one attached hydrogen (secondary N) is 1. The maximum atomic E-state index is 4.90. The maximum absolute atomic E-state index is 4.90. The fraction of sp³-hybridized carbons (Fsp3) is 0.533. The van der Waals surface area contributed by atoms with Crippen LogP contribution in [0.1, 0.15) is 37.6 Å². The topological polar surface area (TPSA) is 29.9 Å². The summed E-state index contributed by atoms with van der Waals surface area (Å²) in [6.45, 7) is 5.48. The molecule has 96 valence electrons. The van der Waals surface area contributed by atoms with E-state index in [4.69, 9.17) is 4.98 Å². The summed E-state index contributed by atoms with van der Waals surface area (Å²) in [5.74, 6) is 1.20. The Labute approximate surface area is 108 Å². The molecule has 2 heterocycles. The van der Waals surface area contributed by atoms with Gasteiger partial charge in [-0.1, -0.05) is 13.0 Å². The van der Waals surface area contributed by atoms with Crippen LogP contribution in [0.25, 0.3) is 11.0 Å². The lowest BCUT2D eigenvalue weighted by molar-refractivity contribution is 0.345. The summed E-state index contributed by atoms with van der Waals surface area (Å²) >= 11 is 0. The van der Waals surface area contributed by atoms with Crippen LogP contribution in [0, 0.1) is 6.92 Å². The standard InChI is InChI=1S/C15H21N3/c1-4-15(8-5-9-16-15)14-17-12-10-11(2)6-7-13(12)18(14)3/h6-7,10,16H,4-5,8-9H2,1-3H3. The van der Waals surface area contributed by atoms with E-state index in [0.717, 1.165) is 18.5 Å². The van der Waals surface area contributed by atoms with Crippen LogP contribution in [0.5, 0.6) is 0 Å². The number of aryl methyl sites for hydroxylation is 2. The highest BCUT2D eigenvalue weighted by molar-refractivity contribution is 5.77. The Bertz CT molecular complexity index is 577. The first kappa shape index (κ1) is 11.7. The maximum Gasteiger partial charge on any atom is 0.129 e. The highest BCUT2D eigenvalue weighted by Gasteiger charge is 2.37. The van der Waals surface area contributed by atoms with Gasteiger partial charge in [-0.2, -0.15) is 0 Å². The van der Waals surface area contributed by atoms with Gasteiger partial charge in [-0.25, -0.2) is 4.98 Å². The summed E-state index contributed by atoms with van der Waals surface area (Å²) in [6.07, 6.45) is 3.54. The zero-order valence-corrected chi connectivity index (χ0v) is 11.5. The van der Waals surface area contributed by atoms with E-state index < -0.39 is 0 Å². The first-order valence-electron chi connectivity index (χ1n) is 6.85. The lowest BCUT2D eigenvalue weighted by atomic mass is 9.93. The van der Waals surface area contributed by atoms with E-state index in [9.17, 15) is 0 Å². The molecule has 2 aromatic rings. The molecule has 1 aromatic carbocycles. The minimum absolute atomic E-state index is 0.0850. The fourth-order valence-electron chi connectivity index (χ4n) is 3.19. The van der Waals surface area contributed by atoms with Gasteiger partial charge < -0.3 is 9.88 Å². The molecule has 3 rings (SSSR count). The van der Waals surface area contributed by atoms with Gasteiger partial charge >= 0.3 is 0 Å². The molecule has 1 aromatic heterocycles. The number of hydrogen-bond acceptors (Lipinski definition) is 2. The zero-order chi connectivity index (χ0) is 12.8. The largest absolute Gasteiger partial charge is 0.330 e. The quantitative estimate of drug-likeness (QED) is 0.879. The molecule has 18 heavy (non-hydrogen) atoms. The Morgan fingerprint density at radius 1 is 1.44 bits per heavy atom. The summed E-state index contributed by atoms with van der Waals surface area (Å²) in [5.41, 5.74) is 3.71. The summed E-state index contributed by atoms with van der Waals surface area (Å²) < 4.78 is 2.26. The van der Waals surface area contributed by atoms with Crippen molar-refractivity contribution in [2.24, 2.45) is 7.05 Å². The Morgan fingerprint density at radius 2 is 2.28 bits per heavy atom. The van der Waals surface area contributed by atoms with Gasteiger partial charge in [0.2, 0.25) is 0 Å². The first-order valence-corrected chi connectivity index (χ1v) is 6.85. The number of aromatic nitrogens is 2. The van der Waals surface area contributed by atoms with Crippen LogP contribution < -0.4 is 5.32 Å². The number of nitrogens with zero attached hydrogens (tertiary/aromatic N) is 2. The van der Waals surface area contributed by atoms with Gasteiger partial charge in [0.15, 0.2) is 0 Å². The van der Waals surface area contributed by atoms with Crippen LogP contribution in [-0.2, 0) is 12.6 Å². The molecule has 0 bridgehead atoms. The molecule has 3 nitrogen and oxygen atoms in total. The van der Waals surface area contributed by atoms with Gasteiger partial charge in [0.25, 0.3) is 0 Å². The van der Waals surface area contributed by atoms with E-state index in [1.165, 1.54) is 29.7 Å². The van der Waals surface area contributed by atoms with E-state index in [1.807, 2.05) is 0 Å². The van der Waals surface area contributed by atoms with Crippen molar-refractivity contribution in [3.05, 3.63) is 29.6 Å². The third-order valence-corrected chi connectivity index (χ3v) is 4.31. The van der Waals surface area contributed by atoms with Crippen LogP contribution in [0.3, 0.4) is 0 Å². The average molecular weight is 243 g/mol. The third kappa shape index (κ3) is 1.57. The highest BCUT2D eigenvalue weighted by atomic mass is 15.1. The van der Waals surface area contributed by atoms with Crippen molar-refractivity contribution in [1.29, 1.82) is 0 Å². The van der Waals surface area contributed by atoms with Crippen LogP contribution in [0.2, 0.25) is 0 Å². The Balaban J connectivity index is 2.20. The van der Waals surface area contributed by atoms with E-state index in [1.54, 1.807) is 0 Å². The second kappa shape index (κ2) is 4.09. The number of imidazole rings is 1. The molecule has 1 N–H and O–H groups in total. The summed E-state index contributed by atoms with van der Waals surface area (Å²) in [5, 5.41) is 3.67. The first-order chi connectivity index (χ1) is 8.66. The number of hydrogen-bond donors (Lipinski definition) is 1. The fourth-order valence-corrected chi connectivity index (χ4v) is 3.19. The number of benzene rings is 1. The van der Waals surface area contributed by atoms with Crippen LogP contribution in [0.15, 0.2) is 18.2 Å². The molecule has 1 unspecified atom stereocenters. The molecule has 0 aliphatic carbocycles. The van der Waals surface area contributed by atoms with E-state index in [-0.39, 0.29) is 5.54 Å². The molecule has 1 atom stereocenters. The molecule has 3 heteroatoms. The van der Waals surface area contributed by atoms with Crippen molar-refractivity contribution in [2.45, 2.75) is 38.6 Å². The minimum Gasteiger partial charge on any atom is -0.330 e. The number of fused-ring (bicyclic) bond motifs is 1. The van der Waals surface area contributed by atoms with E-state index >= 15 is 0 Å². The molecule has 1 aliphatic heterocycles. The lowest BCUT2D eigenvalue weighted by Gasteiger charge is -2.27. The van der Waals surface area contributed by atoms with Crippen molar-refractivity contribution in [2.75, 3.05) is 6.54 Å². The van der Waals surface area contributed by atoms with Crippen LogP contribution in [-0.4, -0.2) is 16.1 Å². The molecule has 1 fully saturated rings. The van der Waals surface area contributed by atoms with Gasteiger partial charge in [0, 0.05) is 7.05 Å². The van der Waals surface area contributed by atoms with Crippen molar-refractivity contribution in [1.82, 2.24) is 14.9 Å². The van der Waals surface area contributed by atoms with Gasteiger partial charge in [0.1, 0.15) is 5.82 Å². The van der Waals surface area contributed by atoms with E-state index in [0.29, 0.717) is 0 Å². The zero-order valence-electron chi connectivity index (χ0n) is 11.5. The van der Waals surface area contributed by atoms with Crippen LogP contribution in [0.4, 0.5) is 0 Å². The predicted octanol–water partition coefficient (Wildman–Crippen LogP) is 2.87. The Kier molecular flexibility index (Phi) is 2.67.